The number of Topliss-reactive ketones (excluding diaryl/α,β-unsaturated/α-hetero) is 1. The first-order chi connectivity index (χ1) is 6.66. The molecule has 1 N–H and O–H groups in total. The maximum atomic E-state index is 11.5. The Morgan fingerprint density at radius 3 is 2.36 bits per heavy atom. The van der Waals surface area contributed by atoms with Crippen LogP contribution in [0.1, 0.15) is 26.7 Å². The fourth-order valence-corrected chi connectivity index (χ4v) is 2.12. The molecule has 1 heterocycles. The summed E-state index contributed by atoms with van der Waals surface area (Å²) in [6, 6.07) is 0. The van der Waals surface area contributed by atoms with Crippen molar-refractivity contribution in [3.8, 4) is 0 Å². The molecular weight excluding hydrogens is 193 g/mol. The molecule has 0 saturated carbocycles. The van der Waals surface area contributed by atoms with Gasteiger partial charge in [0.05, 0.1) is 5.76 Å². The molecule has 1 aliphatic heterocycles. The van der Waals surface area contributed by atoms with E-state index in [1.54, 1.807) is 6.92 Å². The lowest BCUT2D eigenvalue weighted by Gasteiger charge is -2.25. The molecule has 1 fully saturated rings. The van der Waals surface area contributed by atoms with Crippen LogP contribution in [0.2, 0.25) is 0 Å². The number of hydrogen-bond acceptors (Lipinski definition) is 3. The van der Waals surface area contributed by atoms with Gasteiger partial charge < -0.3 is 9.11 Å². The second-order valence-corrected chi connectivity index (χ2v) is 3.90. The number of ketones is 1. The van der Waals surface area contributed by atoms with Gasteiger partial charge in [0.15, 0.2) is 5.78 Å². The minimum absolute atomic E-state index is 0.136. The van der Waals surface area contributed by atoms with E-state index in [1.165, 1.54) is 0 Å². The summed E-state index contributed by atoms with van der Waals surface area (Å²) in [6.45, 7) is 5.45. The van der Waals surface area contributed by atoms with Crippen LogP contribution in [0.4, 0.5) is 0 Å². The molecule has 1 saturated heterocycles. The Morgan fingerprint density at radius 1 is 1.36 bits per heavy atom. The van der Waals surface area contributed by atoms with Gasteiger partial charge >= 0.3 is 16.6 Å². The monoisotopic (exact) mass is 209 g/mol. The summed E-state index contributed by atoms with van der Waals surface area (Å²) in [5, 5.41) is 3.29. The second-order valence-electron chi connectivity index (χ2n) is 3.67. The van der Waals surface area contributed by atoms with Crippen LogP contribution in [-0.4, -0.2) is 35.5 Å². The zero-order valence-electron chi connectivity index (χ0n) is 8.80. The lowest BCUT2D eigenvalue weighted by Crippen LogP contribution is -2.30. The van der Waals surface area contributed by atoms with Crippen LogP contribution < -0.4 is 5.32 Å². The molecule has 0 amide bonds. The minimum Gasteiger partial charge on any atom is -0.657 e. The third kappa shape index (κ3) is 2.85. The van der Waals surface area contributed by atoms with E-state index in [2.05, 4.69) is 21.9 Å². The molecule has 1 rings (SSSR count). The molecule has 0 bridgehead atoms. The Balaban J connectivity index is 2.81. The SMILES string of the molecule is CC(=O)/C(=C(/C)[O][Al])C1CCNCC1. The van der Waals surface area contributed by atoms with Crippen molar-refractivity contribution in [2.24, 2.45) is 5.92 Å². The number of allylic oxidation sites excluding steroid dienone is 2. The maximum Gasteiger partial charge on any atom is 0.481 e. The van der Waals surface area contributed by atoms with E-state index in [0.717, 1.165) is 37.3 Å². The highest BCUT2D eigenvalue weighted by atomic mass is 27.1. The van der Waals surface area contributed by atoms with Crippen LogP contribution in [0.3, 0.4) is 0 Å². The number of nitrogens with one attached hydrogen (secondary N) is 1. The van der Waals surface area contributed by atoms with Gasteiger partial charge in [-0.25, -0.2) is 0 Å². The summed E-state index contributed by atoms with van der Waals surface area (Å²) in [5.74, 6) is 1.25. The van der Waals surface area contributed by atoms with Crippen molar-refractivity contribution >= 4 is 22.4 Å². The summed E-state index contributed by atoms with van der Waals surface area (Å²) >= 11 is 2.20. The van der Waals surface area contributed by atoms with Gasteiger partial charge in [-0.3, -0.25) is 4.79 Å². The van der Waals surface area contributed by atoms with Gasteiger partial charge in [0.1, 0.15) is 0 Å². The smallest absolute Gasteiger partial charge is 0.481 e. The molecular formula is C10H16AlNO2. The largest absolute Gasteiger partial charge is 0.657 e. The molecule has 2 radical (unpaired) electrons. The van der Waals surface area contributed by atoms with Crippen molar-refractivity contribution in [3.63, 3.8) is 0 Å². The molecule has 0 aromatic carbocycles. The highest BCUT2D eigenvalue weighted by Crippen LogP contribution is 2.25. The topological polar surface area (TPSA) is 38.3 Å². The van der Waals surface area contributed by atoms with E-state index in [4.69, 9.17) is 3.79 Å². The lowest BCUT2D eigenvalue weighted by atomic mass is 9.87. The van der Waals surface area contributed by atoms with Crippen LogP contribution in [0.5, 0.6) is 0 Å². The third-order valence-corrected chi connectivity index (χ3v) is 3.04. The Bertz CT molecular complexity index is 245. The van der Waals surface area contributed by atoms with Gasteiger partial charge in [-0.2, -0.15) is 0 Å². The number of piperidine rings is 1. The molecule has 4 heteroatoms. The van der Waals surface area contributed by atoms with Gasteiger partial charge in [0, 0.05) is 5.57 Å². The Morgan fingerprint density at radius 2 is 1.93 bits per heavy atom. The van der Waals surface area contributed by atoms with Crippen LogP contribution >= 0.6 is 0 Å². The van der Waals surface area contributed by atoms with Crippen LogP contribution in [-0.2, 0) is 8.58 Å². The van der Waals surface area contributed by atoms with E-state index >= 15 is 0 Å². The first-order valence-electron chi connectivity index (χ1n) is 4.96. The number of carbonyl (C=O) groups excluding carboxylic acids is 1. The highest BCUT2D eigenvalue weighted by molar-refractivity contribution is 6.00. The quantitative estimate of drug-likeness (QED) is 0.427. The summed E-state index contributed by atoms with van der Waals surface area (Å²) in [6.07, 6.45) is 2.06. The zero-order valence-corrected chi connectivity index (χ0v) is 9.95. The maximum absolute atomic E-state index is 11.5. The first kappa shape index (κ1) is 11.8. The highest BCUT2D eigenvalue weighted by Gasteiger charge is 2.22. The van der Waals surface area contributed by atoms with Gasteiger partial charge in [0.2, 0.25) is 0 Å². The third-order valence-electron chi connectivity index (χ3n) is 2.68. The molecule has 0 aliphatic carbocycles. The van der Waals surface area contributed by atoms with Crippen molar-refractivity contribution in [3.05, 3.63) is 11.3 Å². The van der Waals surface area contributed by atoms with E-state index in [1.807, 2.05) is 6.92 Å². The van der Waals surface area contributed by atoms with E-state index in [0.29, 0.717) is 5.92 Å². The van der Waals surface area contributed by atoms with Crippen molar-refractivity contribution in [1.82, 2.24) is 5.32 Å². The van der Waals surface area contributed by atoms with Crippen molar-refractivity contribution in [2.45, 2.75) is 26.7 Å². The predicted octanol–water partition coefficient (Wildman–Crippen LogP) is 0.949. The Kier molecular flexibility index (Phi) is 4.67. The molecule has 0 unspecified atom stereocenters. The van der Waals surface area contributed by atoms with E-state index in [9.17, 15) is 4.79 Å². The van der Waals surface area contributed by atoms with Crippen molar-refractivity contribution in [2.75, 3.05) is 13.1 Å². The molecule has 0 aromatic rings. The van der Waals surface area contributed by atoms with Crippen molar-refractivity contribution in [1.29, 1.82) is 0 Å². The standard InChI is InChI=1S/C10H17NO2.Al/c1-7(12)10(8(2)13)9-3-5-11-6-4-9;/h9,11-12H,3-6H2,1-2H3;/q;+1/p-1/b10-7+;. The summed E-state index contributed by atoms with van der Waals surface area (Å²) in [4.78, 5) is 11.5. The molecule has 0 spiro atoms. The van der Waals surface area contributed by atoms with Gasteiger partial charge in [-0.05, 0) is 45.7 Å². The Hall–Kier alpha value is -0.298. The van der Waals surface area contributed by atoms with Gasteiger partial charge in [-0.15, -0.1) is 0 Å². The summed E-state index contributed by atoms with van der Waals surface area (Å²) < 4.78 is 5.08. The molecule has 0 aromatic heterocycles. The lowest BCUT2D eigenvalue weighted by molar-refractivity contribution is -0.114. The number of rotatable bonds is 3. The fourth-order valence-electron chi connectivity index (χ4n) is 2.00. The average Bonchev–Trinajstić information content (AvgIpc) is 2.19. The van der Waals surface area contributed by atoms with E-state index < -0.39 is 0 Å². The van der Waals surface area contributed by atoms with Gasteiger partial charge in [0.25, 0.3) is 0 Å². The van der Waals surface area contributed by atoms with E-state index in [-0.39, 0.29) is 5.78 Å². The number of hydrogen-bond donors (Lipinski definition) is 1. The molecule has 14 heavy (non-hydrogen) atoms. The molecule has 76 valence electrons. The minimum atomic E-state index is 0.136. The fraction of sp³-hybridized carbons (Fsp3) is 0.700. The number of carbonyl (C=O) groups is 1. The van der Waals surface area contributed by atoms with Crippen LogP contribution in [0.15, 0.2) is 11.3 Å². The molecule has 3 nitrogen and oxygen atoms in total. The van der Waals surface area contributed by atoms with Crippen LogP contribution in [0, 0.1) is 5.92 Å². The van der Waals surface area contributed by atoms with Crippen LogP contribution in [0.25, 0.3) is 0 Å². The second kappa shape index (κ2) is 5.55. The normalized spacial score (nSPS) is 20.1. The molecule has 0 atom stereocenters. The molecule has 1 aliphatic rings. The first-order valence-corrected chi connectivity index (χ1v) is 5.43. The summed E-state index contributed by atoms with van der Waals surface area (Å²) in [7, 11) is 0. The Labute approximate surface area is 93.7 Å². The van der Waals surface area contributed by atoms with Crippen molar-refractivity contribution < 1.29 is 8.58 Å². The van der Waals surface area contributed by atoms with Gasteiger partial charge in [-0.1, -0.05) is 0 Å². The predicted molar refractivity (Wildman–Crippen MR) is 55.8 cm³/mol. The summed E-state index contributed by atoms with van der Waals surface area (Å²) in [5.41, 5.74) is 0.863. The zero-order chi connectivity index (χ0) is 10.6. The average molecular weight is 209 g/mol.